The highest BCUT2D eigenvalue weighted by Gasteiger charge is 2.45. The van der Waals surface area contributed by atoms with E-state index in [0.717, 1.165) is 28.6 Å². The first kappa shape index (κ1) is 30.6. The fraction of sp³-hybridized carbons (Fsp3) is 0.462. The number of nitrogens with zero attached hydrogens (tertiary/aromatic N) is 2. The van der Waals surface area contributed by atoms with E-state index >= 15 is 0 Å². The van der Waals surface area contributed by atoms with Crippen LogP contribution < -0.4 is 5.32 Å². The van der Waals surface area contributed by atoms with Gasteiger partial charge in [-0.15, -0.1) is 11.8 Å². The highest BCUT2D eigenvalue weighted by molar-refractivity contribution is 8.01. The van der Waals surface area contributed by atoms with Crippen molar-refractivity contribution in [2.45, 2.75) is 49.2 Å². The van der Waals surface area contributed by atoms with Gasteiger partial charge in [0.15, 0.2) is 0 Å². The van der Waals surface area contributed by atoms with Gasteiger partial charge in [0.05, 0.1) is 4.90 Å². The summed E-state index contributed by atoms with van der Waals surface area (Å²) >= 11 is 1.29. The fourth-order valence-electron chi connectivity index (χ4n) is 3.86. The average Bonchev–Trinajstić information content (AvgIpc) is 3.37. The summed E-state index contributed by atoms with van der Waals surface area (Å²) in [6, 6.07) is 2.95. The van der Waals surface area contributed by atoms with Gasteiger partial charge in [0, 0.05) is 37.9 Å². The van der Waals surface area contributed by atoms with Crippen LogP contribution in [0, 0.1) is 11.7 Å². The molecule has 0 spiro atoms. The number of benzene rings is 1. The molecule has 10 nitrogen and oxygen atoms in total. The predicted octanol–water partition coefficient (Wildman–Crippen LogP) is 3.06. The Hall–Kier alpha value is -2.96. The molecule has 39 heavy (non-hydrogen) atoms. The molecular formula is C26H32FN3O7S2. The summed E-state index contributed by atoms with van der Waals surface area (Å²) in [5, 5.41) is 3.10. The zero-order chi connectivity index (χ0) is 29.0. The second-order valence-corrected chi connectivity index (χ2v) is 13.1. The van der Waals surface area contributed by atoms with Crippen LogP contribution in [0.25, 0.3) is 0 Å². The number of carbonyl (C=O) groups is 2. The highest BCUT2D eigenvalue weighted by Crippen LogP contribution is 2.34. The number of ether oxygens (including phenoxy) is 2. The molecule has 1 aromatic rings. The van der Waals surface area contributed by atoms with E-state index in [1.807, 2.05) is 5.94 Å². The molecule has 3 rings (SSSR count). The number of hydrogen-bond acceptors (Lipinski definition) is 9. The number of carbonyl (C=O) groups excluding carboxylic acids is 3. The zero-order valence-corrected chi connectivity index (χ0v) is 24.0. The highest BCUT2D eigenvalue weighted by atomic mass is 32.2. The summed E-state index contributed by atoms with van der Waals surface area (Å²) in [5.41, 5.74) is -1.68. The summed E-state index contributed by atoms with van der Waals surface area (Å²) in [5.74, 6) is 0.335. The van der Waals surface area contributed by atoms with E-state index in [1.54, 1.807) is 26.8 Å². The molecule has 13 heteroatoms. The van der Waals surface area contributed by atoms with Crippen molar-refractivity contribution in [2.75, 3.05) is 26.4 Å². The van der Waals surface area contributed by atoms with E-state index in [4.69, 9.17) is 9.47 Å². The van der Waals surface area contributed by atoms with E-state index in [2.05, 4.69) is 5.32 Å². The minimum atomic E-state index is -4.35. The van der Waals surface area contributed by atoms with Crippen LogP contribution >= 0.6 is 11.8 Å². The fourth-order valence-corrected chi connectivity index (χ4v) is 6.93. The Balaban J connectivity index is 2.04. The van der Waals surface area contributed by atoms with Gasteiger partial charge in [-0.2, -0.15) is 4.31 Å². The van der Waals surface area contributed by atoms with E-state index in [-0.39, 0.29) is 22.6 Å². The quantitative estimate of drug-likeness (QED) is 0.365. The van der Waals surface area contributed by atoms with E-state index < -0.39 is 51.0 Å². The maximum Gasteiger partial charge on any atom is 0.414 e. The van der Waals surface area contributed by atoms with Gasteiger partial charge < -0.3 is 14.4 Å². The molecule has 0 radical (unpaired) electrons. The first-order chi connectivity index (χ1) is 18.2. The van der Waals surface area contributed by atoms with E-state index in [9.17, 15) is 27.2 Å². The van der Waals surface area contributed by atoms with Crippen LogP contribution in [0.1, 0.15) is 27.2 Å². The van der Waals surface area contributed by atoms with Gasteiger partial charge in [0.2, 0.25) is 10.0 Å². The Morgan fingerprint density at radius 3 is 2.44 bits per heavy atom. The summed E-state index contributed by atoms with van der Waals surface area (Å²) in [6.45, 7) is 5.48. The normalized spacial score (nSPS) is 20.3. The van der Waals surface area contributed by atoms with Gasteiger partial charge in [0.1, 0.15) is 34.7 Å². The van der Waals surface area contributed by atoms with Crippen LogP contribution in [0.3, 0.4) is 0 Å². The third-order valence-electron chi connectivity index (χ3n) is 5.66. The number of amides is 1. The molecular weight excluding hydrogens is 549 g/mol. The van der Waals surface area contributed by atoms with Crippen molar-refractivity contribution in [3.05, 3.63) is 59.6 Å². The lowest BCUT2D eigenvalue weighted by atomic mass is 9.89. The van der Waals surface area contributed by atoms with Crippen molar-refractivity contribution < 1.29 is 36.7 Å². The van der Waals surface area contributed by atoms with Gasteiger partial charge in [-0.1, -0.05) is 6.08 Å². The van der Waals surface area contributed by atoms with Crippen LogP contribution in [-0.4, -0.2) is 79.2 Å². The van der Waals surface area contributed by atoms with Crippen molar-refractivity contribution in [2.24, 2.45) is 5.92 Å². The molecule has 1 aliphatic carbocycles. The standard InChI is InChI=1S/C26H32FN3O7S2/c1-26(2,3)37-23(32)22(15-17-6-9-20(14-18(17)16-31)36-25(33)29(4)5)30(24-28-12-13-38-24)39(34,35)21-10-7-19(27)8-11-21/h6-11,14,17,22,24,28H,12-13,15H2,1-5H3/t17?,22-,24?/m0/s1. The van der Waals surface area contributed by atoms with Gasteiger partial charge in [-0.05, 0) is 63.6 Å². The number of sulfonamides is 1. The van der Waals surface area contributed by atoms with Crippen molar-refractivity contribution in [1.29, 1.82) is 0 Å². The van der Waals surface area contributed by atoms with Crippen molar-refractivity contribution in [3.8, 4) is 0 Å². The maximum atomic E-state index is 13.9. The summed E-state index contributed by atoms with van der Waals surface area (Å²) in [7, 11) is -1.34. The monoisotopic (exact) mass is 581 g/mol. The van der Waals surface area contributed by atoms with Crippen LogP contribution in [-0.2, 0) is 29.1 Å². The Morgan fingerprint density at radius 1 is 1.23 bits per heavy atom. The third kappa shape index (κ3) is 7.80. The molecule has 0 aromatic heterocycles. The lowest BCUT2D eigenvalue weighted by Crippen LogP contribution is -2.54. The molecule has 1 saturated heterocycles. The molecule has 1 aliphatic heterocycles. The molecule has 1 amide bonds. The largest absolute Gasteiger partial charge is 0.459 e. The van der Waals surface area contributed by atoms with Gasteiger partial charge in [-0.3, -0.25) is 10.1 Å². The first-order valence-electron chi connectivity index (χ1n) is 12.1. The number of esters is 1. The minimum absolute atomic E-state index is 0.0683. The molecule has 3 atom stereocenters. The number of hydrogen-bond donors (Lipinski definition) is 1. The van der Waals surface area contributed by atoms with Crippen LogP contribution in [0.15, 0.2) is 58.7 Å². The van der Waals surface area contributed by atoms with Crippen LogP contribution in [0.5, 0.6) is 0 Å². The molecule has 212 valence electrons. The summed E-state index contributed by atoms with van der Waals surface area (Å²) in [4.78, 5) is 38.5. The second kappa shape index (κ2) is 12.5. The smallest absolute Gasteiger partial charge is 0.414 e. The Kier molecular flexibility index (Phi) is 9.78. The minimum Gasteiger partial charge on any atom is -0.459 e. The number of halogens is 1. The van der Waals surface area contributed by atoms with Crippen molar-refractivity contribution in [3.63, 3.8) is 0 Å². The molecule has 1 N–H and O–H groups in total. The van der Waals surface area contributed by atoms with Crippen LogP contribution in [0.2, 0.25) is 0 Å². The molecule has 1 aromatic carbocycles. The first-order valence-corrected chi connectivity index (χ1v) is 14.6. The third-order valence-corrected chi connectivity index (χ3v) is 8.83. The zero-order valence-electron chi connectivity index (χ0n) is 22.3. The van der Waals surface area contributed by atoms with Gasteiger partial charge >= 0.3 is 12.1 Å². The Bertz CT molecular complexity index is 1290. The van der Waals surface area contributed by atoms with Gasteiger partial charge in [-0.25, -0.2) is 22.4 Å². The SMILES string of the molecule is CN(C)C(=O)OC1=CC(=C=O)C(C[C@@H](C(=O)OC(C)(C)C)N(C2NCCS2)S(=O)(=O)c2ccc(F)cc2)C=C1. The molecule has 0 saturated carbocycles. The van der Waals surface area contributed by atoms with E-state index in [1.165, 1.54) is 42.9 Å². The Morgan fingerprint density at radius 2 is 1.90 bits per heavy atom. The summed E-state index contributed by atoms with van der Waals surface area (Å²) < 4.78 is 53.4. The topological polar surface area (TPSA) is 122 Å². The van der Waals surface area contributed by atoms with Crippen LogP contribution in [0.4, 0.5) is 9.18 Å². The number of nitrogens with one attached hydrogen (secondary N) is 1. The predicted molar refractivity (Wildman–Crippen MR) is 144 cm³/mol. The number of allylic oxidation sites excluding steroid dienone is 4. The Labute approximate surface area is 231 Å². The molecule has 2 aliphatic rings. The number of rotatable bonds is 8. The molecule has 1 fully saturated rings. The average molecular weight is 582 g/mol. The molecule has 1 heterocycles. The molecule has 2 unspecified atom stereocenters. The van der Waals surface area contributed by atoms with E-state index in [0.29, 0.717) is 12.3 Å². The molecule has 0 bridgehead atoms. The maximum absolute atomic E-state index is 13.9. The second-order valence-electron chi connectivity index (χ2n) is 10.1. The summed E-state index contributed by atoms with van der Waals surface area (Å²) in [6.07, 6.45) is 3.53. The van der Waals surface area contributed by atoms with Crippen molar-refractivity contribution in [1.82, 2.24) is 14.5 Å². The van der Waals surface area contributed by atoms with Crippen molar-refractivity contribution >= 4 is 39.8 Å². The number of thioether (sulfide) groups is 1. The lowest BCUT2D eigenvalue weighted by molar-refractivity contribution is -0.160. The lowest BCUT2D eigenvalue weighted by Gasteiger charge is -2.36. The van der Waals surface area contributed by atoms with Gasteiger partial charge in [0.25, 0.3) is 0 Å².